The van der Waals surface area contributed by atoms with E-state index in [9.17, 15) is 9.59 Å². The number of methoxy groups -OCH3 is 1. The molecule has 0 radical (unpaired) electrons. The maximum atomic E-state index is 11.8. The van der Waals surface area contributed by atoms with Gasteiger partial charge in [0.05, 0.1) is 6.04 Å². The summed E-state index contributed by atoms with van der Waals surface area (Å²) in [5.74, 6) is -0.848. The van der Waals surface area contributed by atoms with Crippen LogP contribution < -0.4 is 16.8 Å². The largest absolute Gasteiger partial charge is 0.385 e. The summed E-state index contributed by atoms with van der Waals surface area (Å²) in [6.45, 7) is 2.13. The number of hydrogen-bond acceptors (Lipinski definition) is 4. The summed E-state index contributed by atoms with van der Waals surface area (Å²) >= 11 is 0. The van der Waals surface area contributed by atoms with Crippen molar-refractivity contribution in [2.45, 2.75) is 19.4 Å². The molecule has 0 bridgehead atoms. The fourth-order valence-corrected chi connectivity index (χ4v) is 1.64. The molecule has 1 aromatic carbocycles. The van der Waals surface area contributed by atoms with Gasteiger partial charge in [-0.05, 0) is 31.0 Å². The molecule has 0 heterocycles. The molecule has 1 unspecified atom stereocenters. The third-order valence-electron chi connectivity index (χ3n) is 2.83. The molecular weight excluding hydrogens is 246 g/mol. The molecule has 1 atom stereocenters. The number of hydrogen-bond donors (Lipinski definition) is 3. The number of benzene rings is 1. The molecule has 0 saturated carbocycles. The molecule has 0 aliphatic carbocycles. The van der Waals surface area contributed by atoms with E-state index in [1.807, 2.05) is 0 Å². The van der Waals surface area contributed by atoms with Gasteiger partial charge in [0.15, 0.2) is 0 Å². The van der Waals surface area contributed by atoms with Gasteiger partial charge in [-0.3, -0.25) is 9.59 Å². The lowest BCUT2D eigenvalue weighted by Gasteiger charge is -2.14. The Balaban J connectivity index is 2.80. The zero-order chi connectivity index (χ0) is 14.4. The van der Waals surface area contributed by atoms with E-state index in [4.69, 9.17) is 16.2 Å². The summed E-state index contributed by atoms with van der Waals surface area (Å²) in [6, 6.07) is 4.31. The predicted octanol–water partition coefficient (Wildman–Crippen LogP) is 0.396. The minimum absolute atomic E-state index is 0.318. The molecule has 2 amide bonds. The van der Waals surface area contributed by atoms with Crippen LogP contribution in [0.3, 0.4) is 0 Å². The SMILES string of the molecule is COCCC(N)C(=O)Nc1cccc(C(N)=O)c1C. The molecule has 104 valence electrons. The van der Waals surface area contributed by atoms with Crippen LogP contribution in [0.15, 0.2) is 18.2 Å². The van der Waals surface area contributed by atoms with E-state index in [1.54, 1.807) is 32.2 Å². The summed E-state index contributed by atoms with van der Waals surface area (Å²) in [7, 11) is 1.55. The number of primary amides is 1. The maximum absolute atomic E-state index is 11.8. The number of anilines is 1. The van der Waals surface area contributed by atoms with Crippen LogP contribution in [0.1, 0.15) is 22.3 Å². The Bertz CT molecular complexity index is 474. The lowest BCUT2D eigenvalue weighted by atomic mass is 10.1. The normalized spacial score (nSPS) is 11.9. The monoisotopic (exact) mass is 265 g/mol. The minimum atomic E-state index is -0.656. The fraction of sp³-hybridized carbons (Fsp3) is 0.385. The molecule has 6 heteroatoms. The number of nitrogens with one attached hydrogen (secondary N) is 1. The average Bonchev–Trinajstić information content (AvgIpc) is 2.37. The van der Waals surface area contributed by atoms with Crippen LogP contribution in [-0.4, -0.2) is 31.6 Å². The number of amides is 2. The van der Waals surface area contributed by atoms with Gasteiger partial charge in [0.1, 0.15) is 0 Å². The Labute approximate surface area is 112 Å². The van der Waals surface area contributed by atoms with Crippen LogP contribution >= 0.6 is 0 Å². The van der Waals surface area contributed by atoms with E-state index in [0.29, 0.717) is 29.8 Å². The van der Waals surface area contributed by atoms with Gasteiger partial charge in [-0.25, -0.2) is 0 Å². The van der Waals surface area contributed by atoms with Gasteiger partial charge in [-0.15, -0.1) is 0 Å². The van der Waals surface area contributed by atoms with Gasteiger partial charge in [0.2, 0.25) is 11.8 Å². The van der Waals surface area contributed by atoms with Gasteiger partial charge >= 0.3 is 0 Å². The highest BCUT2D eigenvalue weighted by molar-refractivity contribution is 5.99. The van der Waals surface area contributed by atoms with Crippen LogP contribution in [-0.2, 0) is 9.53 Å². The van der Waals surface area contributed by atoms with Crippen LogP contribution in [0.2, 0.25) is 0 Å². The first-order valence-corrected chi connectivity index (χ1v) is 5.92. The molecule has 5 N–H and O–H groups in total. The van der Waals surface area contributed by atoms with Crippen molar-refractivity contribution in [1.82, 2.24) is 0 Å². The Hall–Kier alpha value is -1.92. The standard InChI is InChI=1S/C13H19N3O3/c1-8-9(12(15)17)4-3-5-11(8)16-13(18)10(14)6-7-19-2/h3-5,10H,6-7,14H2,1-2H3,(H2,15,17)(H,16,18). The Morgan fingerprint density at radius 3 is 2.68 bits per heavy atom. The molecule has 0 saturated heterocycles. The smallest absolute Gasteiger partial charge is 0.249 e. The lowest BCUT2D eigenvalue weighted by molar-refractivity contribution is -0.117. The Kier molecular flexibility index (Phi) is 5.47. The van der Waals surface area contributed by atoms with Crippen molar-refractivity contribution in [3.63, 3.8) is 0 Å². The third-order valence-corrected chi connectivity index (χ3v) is 2.83. The van der Waals surface area contributed by atoms with E-state index in [0.717, 1.165) is 0 Å². The van der Waals surface area contributed by atoms with Gasteiger partial charge in [0.25, 0.3) is 0 Å². The molecular formula is C13H19N3O3. The third kappa shape index (κ3) is 4.04. The van der Waals surface area contributed by atoms with E-state index >= 15 is 0 Å². The number of nitrogens with two attached hydrogens (primary N) is 2. The van der Waals surface area contributed by atoms with Crippen molar-refractivity contribution in [3.8, 4) is 0 Å². The Morgan fingerprint density at radius 1 is 1.42 bits per heavy atom. The molecule has 6 nitrogen and oxygen atoms in total. The highest BCUT2D eigenvalue weighted by Gasteiger charge is 2.15. The first kappa shape index (κ1) is 15.1. The van der Waals surface area contributed by atoms with Crippen molar-refractivity contribution in [2.24, 2.45) is 11.5 Å². The van der Waals surface area contributed by atoms with E-state index in [1.165, 1.54) is 0 Å². The Morgan fingerprint density at radius 2 is 2.11 bits per heavy atom. The molecule has 0 fully saturated rings. The van der Waals surface area contributed by atoms with Crippen LogP contribution in [0.4, 0.5) is 5.69 Å². The quantitative estimate of drug-likeness (QED) is 0.691. The van der Waals surface area contributed by atoms with E-state index < -0.39 is 11.9 Å². The molecule has 19 heavy (non-hydrogen) atoms. The van der Waals surface area contributed by atoms with E-state index in [-0.39, 0.29) is 5.91 Å². The minimum Gasteiger partial charge on any atom is -0.385 e. The average molecular weight is 265 g/mol. The number of carbonyl (C=O) groups excluding carboxylic acids is 2. The number of carbonyl (C=O) groups is 2. The van der Waals surface area contributed by atoms with Gasteiger partial charge in [-0.1, -0.05) is 6.07 Å². The van der Waals surface area contributed by atoms with Crippen LogP contribution in [0.5, 0.6) is 0 Å². The molecule has 0 aliphatic rings. The molecule has 0 aliphatic heterocycles. The number of ether oxygens (including phenoxy) is 1. The highest BCUT2D eigenvalue weighted by atomic mass is 16.5. The summed E-state index contributed by atoms with van der Waals surface area (Å²) < 4.78 is 4.87. The van der Waals surface area contributed by atoms with Crippen molar-refractivity contribution < 1.29 is 14.3 Å². The first-order chi connectivity index (χ1) is 8.97. The summed E-state index contributed by atoms with van der Waals surface area (Å²) in [5.41, 5.74) is 12.5. The van der Waals surface area contributed by atoms with Crippen molar-refractivity contribution >= 4 is 17.5 Å². The lowest BCUT2D eigenvalue weighted by Crippen LogP contribution is -2.36. The highest BCUT2D eigenvalue weighted by Crippen LogP contribution is 2.18. The van der Waals surface area contributed by atoms with Crippen molar-refractivity contribution in [1.29, 1.82) is 0 Å². The fourth-order valence-electron chi connectivity index (χ4n) is 1.64. The molecule has 1 rings (SSSR count). The van der Waals surface area contributed by atoms with Gasteiger partial charge < -0.3 is 21.5 Å². The summed E-state index contributed by atoms with van der Waals surface area (Å²) in [4.78, 5) is 23.0. The maximum Gasteiger partial charge on any atom is 0.249 e. The molecule has 0 aromatic heterocycles. The summed E-state index contributed by atoms with van der Waals surface area (Å²) in [6.07, 6.45) is 0.427. The number of rotatable bonds is 6. The van der Waals surface area contributed by atoms with Gasteiger partial charge in [-0.2, -0.15) is 0 Å². The van der Waals surface area contributed by atoms with Crippen molar-refractivity contribution in [3.05, 3.63) is 29.3 Å². The van der Waals surface area contributed by atoms with Crippen LogP contribution in [0, 0.1) is 6.92 Å². The first-order valence-electron chi connectivity index (χ1n) is 5.92. The summed E-state index contributed by atoms with van der Waals surface area (Å²) in [5, 5.41) is 2.69. The predicted molar refractivity (Wildman–Crippen MR) is 72.8 cm³/mol. The van der Waals surface area contributed by atoms with Crippen molar-refractivity contribution in [2.75, 3.05) is 19.0 Å². The molecule has 1 aromatic rings. The van der Waals surface area contributed by atoms with Gasteiger partial charge in [0, 0.05) is 25.0 Å². The zero-order valence-electron chi connectivity index (χ0n) is 11.1. The van der Waals surface area contributed by atoms with Crippen LogP contribution in [0.25, 0.3) is 0 Å². The second-order valence-corrected chi connectivity index (χ2v) is 4.22. The zero-order valence-corrected chi connectivity index (χ0v) is 11.1. The van der Waals surface area contributed by atoms with E-state index in [2.05, 4.69) is 5.32 Å². The molecule has 0 spiro atoms. The second-order valence-electron chi connectivity index (χ2n) is 4.22. The second kappa shape index (κ2) is 6.86. The topological polar surface area (TPSA) is 107 Å².